The summed E-state index contributed by atoms with van der Waals surface area (Å²) >= 11 is 5.91. The van der Waals surface area contributed by atoms with Crippen molar-refractivity contribution in [3.8, 4) is 23.0 Å². The number of nitrogens with one attached hydrogen (secondary N) is 1. The molecule has 0 fully saturated rings. The molecule has 0 saturated heterocycles. The van der Waals surface area contributed by atoms with Gasteiger partial charge in [0.25, 0.3) is 0 Å². The van der Waals surface area contributed by atoms with E-state index in [0.717, 1.165) is 11.1 Å². The van der Waals surface area contributed by atoms with Crippen molar-refractivity contribution in [2.75, 3.05) is 25.6 Å². The minimum atomic E-state index is -0.260. The van der Waals surface area contributed by atoms with Gasteiger partial charge in [0.2, 0.25) is 5.91 Å². The van der Waals surface area contributed by atoms with Gasteiger partial charge in [-0.15, -0.1) is 0 Å². The minimum Gasteiger partial charge on any atom is -0.493 e. The molecule has 0 radical (unpaired) electrons. The van der Waals surface area contributed by atoms with Crippen molar-refractivity contribution in [1.29, 1.82) is 0 Å². The average molecular weight is 452 g/mol. The monoisotopic (exact) mass is 451 g/mol. The molecular weight excluding hydrogens is 430 g/mol. The van der Waals surface area contributed by atoms with Crippen molar-refractivity contribution in [3.63, 3.8) is 0 Å². The molecule has 0 atom stereocenters. The SMILES string of the molecule is COc1cc(/C=C/C(=O)Nc2ccc3c(c2)OCCO3)ccc1OCc1ccc(Cl)cc1. The van der Waals surface area contributed by atoms with Gasteiger partial charge in [0.1, 0.15) is 19.8 Å². The van der Waals surface area contributed by atoms with Crippen LogP contribution in [0.5, 0.6) is 23.0 Å². The molecule has 1 aliphatic heterocycles. The first kappa shape index (κ1) is 21.6. The molecule has 0 bridgehead atoms. The molecule has 6 nitrogen and oxygen atoms in total. The van der Waals surface area contributed by atoms with E-state index in [1.807, 2.05) is 42.5 Å². The Morgan fingerprint density at radius 1 is 1.00 bits per heavy atom. The predicted molar refractivity (Wildman–Crippen MR) is 124 cm³/mol. The first-order chi connectivity index (χ1) is 15.6. The van der Waals surface area contributed by atoms with Gasteiger partial charge in [-0.25, -0.2) is 0 Å². The topological polar surface area (TPSA) is 66.0 Å². The van der Waals surface area contributed by atoms with E-state index in [1.165, 1.54) is 6.08 Å². The molecule has 164 valence electrons. The van der Waals surface area contributed by atoms with Crippen LogP contribution in [0, 0.1) is 0 Å². The molecule has 0 saturated carbocycles. The van der Waals surface area contributed by atoms with Gasteiger partial charge in [-0.2, -0.15) is 0 Å². The van der Waals surface area contributed by atoms with Gasteiger partial charge in [-0.3, -0.25) is 4.79 Å². The molecular formula is C25H22ClNO5. The number of methoxy groups -OCH3 is 1. The highest BCUT2D eigenvalue weighted by Gasteiger charge is 2.12. The van der Waals surface area contributed by atoms with Crippen LogP contribution < -0.4 is 24.3 Å². The fourth-order valence-electron chi connectivity index (χ4n) is 3.13. The highest BCUT2D eigenvalue weighted by atomic mass is 35.5. The Morgan fingerprint density at radius 2 is 1.78 bits per heavy atom. The number of rotatable bonds is 7. The van der Waals surface area contributed by atoms with Crippen molar-refractivity contribution in [2.24, 2.45) is 0 Å². The minimum absolute atomic E-state index is 0.260. The van der Waals surface area contributed by atoms with Crippen LogP contribution in [-0.4, -0.2) is 26.2 Å². The second-order valence-corrected chi connectivity index (χ2v) is 7.44. The van der Waals surface area contributed by atoms with Crippen LogP contribution in [0.2, 0.25) is 5.02 Å². The maximum absolute atomic E-state index is 12.3. The molecule has 1 N–H and O–H groups in total. The van der Waals surface area contributed by atoms with Gasteiger partial charge in [0.05, 0.1) is 7.11 Å². The molecule has 1 aliphatic rings. The summed E-state index contributed by atoms with van der Waals surface area (Å²) in [6.07, 6.45) is 3.17. The van der Waals surface area contributed by atoms with E-state index in [-0.39, 0.29) is 5.91 Å². The quantitative estimate of drug-likeness (QED) is 0.490. The maximum Gasteiger partial charge on any atom is 0.248 e. The van der Waals surface area contributed by atoms with Gasteiger partial charge >= 0.3 is 0 Å². The molecule has 32 heavy (non-hydrogen) atoms. The molecule has 0 aromatic heterocycles. The molecule has 7 heteroatoms. The zero-order valence-corrected chi connectivity index (χ0v) is 18.2. The normalized spacial score (nSPS) is 12.4. The third-order valence-electron chi connectivity index (χ3n) is 4.73. The molecule has 4 rings (SSSR count). The number of halogens is 1. The number of hydrogen-bond donors (Lipinski definition) is 1. The number of benzene rings is 3. The van der Waals surface area contributed by atoms with Gasteiger partial charge in [-0.05, 0) is 53.6 Å². The molecule has 1 heterocycles. The number of fused-ring (bicyclic) bond motifs is 1. The Morgan fingerprint density at radius 3 is 2.56 bits per heavy atom. The number of amides is 1. The summed E-state index contributed by atoms with van der Waals surface area (Å²) in [7, 11) is 1.58. The van der Waals surface area contributed by atoms with E-state index in [0.29, 0.717) is 53.5 Å². The van der Waals surface area contributed by atoms with Crippen LogP contribution in [-0.2, 0) is 11.4 Å². The Hall–Kier alpha value is -3.64. The predicted octanol–water partition coefficient (Wildman–Crippen LogP) is 5.35. The number of carbonyl (C=O) groups is 1. The third kappa shape index (κ3) is 5.53. The summed E-state index contributed by atoms with van der Waals surface area (Å²) in [6.45, 7) is 1.40. The smallest absolute Gasteiger partial charge is 0.248 e. The Labute approximate surface area is 191 Å². The number of anilines is 1. The summed E-state index contributed by atoms with van der Waals surface area (Å²) < 4.78 is 22.3. The van der Waals surface area contributed by atoms with Gasteiger partial charge in [0, 0.05) is 22.9 Å². The summed E-state index contributed by atoms with van der Waals surface area (Å²) in [5.41, 5.74) is 2.43. The molecule has 3 aromatic rings. The van der Waals surface area contributed by atoms with Crippen LogP contribution >= 0.6 is 11.6 Å². The van der Waals surface area contributed by atoms with E-state index in [9.17, 15) is 4.79 Å². The highest BCUT2D eigenvalue weighted by molar-refractivity contribution is 6.30. The van der Waals surface area contributed by atoms with Crippen molar-refractivity contribution >= 4 is 29.3 Å². The summed E-state index contributed by atoms with van der Waals surface area (Å²) in [5.74, 6) is 2.23. The lowest BCUT2D eigenvalue weighted by atomic mass is 10.2. The molecule has 3 aromatic carbocycles. The average Bonchev–Trinajstić information content (AvgIpc) is 2.82. The van der Waals surface area contributed by atoms with Crippen molar-refractivity contribution in [1.82, 2.24) is 0 Å². The van der Waals surface area contributed by atoms with E-state index in [1.54, 1.807) is 31.4 Å². The van der Waals surface area contributed by atoms with E-state index in [2.05, 4.69) is 5.32 Å². The fourth-order valence-corrected chi connectivity index (χ4v) is 3.25. The lowest BCUT2D eigenvalue weighted by Crippen LogP contribution is -2.16. The number of hydrogen-bond acceptors (Lipinski definition) is 5. The van der Waals surface area contributed by atoms with Crippen LogP contribution in [0.1, 0.15) is 11.1 Å². The number of carbonyl (C=O) groups excluding carboxylic acids is 1. The molecule has 1 amide bonds. The third-order valence-corrected chi connectivity index (χ3v) is 4.98. The zero-order valence-electron chi connectivity index (χ0n) is 17.5. The van der Waals surface area contributed by atoms with Crippen LogP contribution in [0.15, 0.2) is 66.7 Å². The highest BCUT2D eigenvalue weighted by Crippen LogP contribution is 2.33. The number of ether oxygens (including phenoxy) is 4. The molecule has 0 spiro atoms. The molecule has 0 unspecified atom stereocenters. The summed E-state index contributed by atoms with van der Waals surface area (Å²) in [5, 5.41) is 3.50. The first-order valence-electron chi connectivity index (χ1n) is 10.0. The van der Waals surface area contributed by atoms with Crippen molar-refractivity contribution in [2.45, 2.75) is 6.61 Å². The zero-order chi connectivity index (χ0) is 22.3. The summed E-state index contributed by atoms with van der Waals surface area (Å²) in [6, 6.07) is 18.2. The Kier molecular flexibility index (Phi) is 6.82. The van der Waals surface area contributed by atoms with Crippen LogP contribution in [0.3, 0.4) is 0 Å². The Balaban J connectivity index is 1.37. The van der Waals surface area contributed by atoms with E-state index >= 15 is 0 Å². The Bertz CT molecular complexity index is 1130. The van der Waals surface area contributed by atoms with Gasteiger partial charge < -0.3 is 24.3 Å². The van der Waals surface area contributed by atoms with Crippen molar-refractivity contribution < 1.29 is 23.7 Å². The second kappa shape index (κ2) is 10.1. The fraction of sp³-hybridized carbons (Fsp3) is 0.160. The standard InChI is InChI=1S/C25H22ClNO5/c1-29-23-14-17(4-9-21(23)32-16-18-2-6-19(26)7-3-18)5-11-25(28)27-20-8-10-22-24(15-20)31-13-12-30-22/h2-11,14-15H,12-13,16H2,1H3,(H,27,28)/b11-5+. The van der Waals surface area contributed by atoms with E-state index < -0.39 is 0 Å². The lowest BCUT2D eigenvalue weighted by molar-refractivity contribution is -0.111. The maximum atomic E-state index is 12.3. The van der Waals surface area contributed by atoms with Gasteiger partial charge in [-0.1, -0.05) is 29.8 Å². The van der Waals surface area contributed by atoms with Crippen LogP contribution in [0.25, 0.3) is 6.08 Å². The first-order valence-corrected chi connectivity index (χ1v) is 10.4. The second-order valence-electron chi connectivity index (χ2n) is 7.01. The summed E-state index contributed by atoms with van der Waals surface area (Å²) in [4.78, 5) is 12.3. The lowest BCUT2D eigenvalue weighted by Gasteiger charge is -2.18. The largest absolute Gasteiger partial charge is 0.493 e. The van der Waals surface area contributed by atoms with Crippen LogP contribution in [0.4, 0.5) is 5.69 Å². The van der Waals surface area contributed by atoms with Gasteiger partial charge in [0.15, 0.2) is 23.0 Å². The molecule has 0 aliphatic carbocycles. The van der Waals surface area contributed by atoms with E-state index in [4.69, 9.17) is 30.5 Å². The van der Waals surface area contributed by atoms with Crippen molar-refractivity contribution in [3.05, 3.63) is 82.9 Å².